The van der Waals surface area contributed by atoms with E-state index < -0.39 is 10.0 Å². The highest BCUT2D eigenvalue weighted by Crippen LogP contribution is 2.27. The number of hydrogen-bond acceptors (Lipinski definition) is 3. The monoisotopic (exact) mass is 246 g/mol. The molecule has 0 amide bonds. The van der Waals surface area contributed by atoms with E-state index in [2.05, 4.69) is 5.32 Å². The lowest BCUT2D eigenvalue weighted by molar-refractivity contribution is 0.262. The summed E-state index contributed by atoms with van der Waals surface area (Å²) in [5, 5.41) is 3.21. The molecule has 16 heavy (non-hydrogen) atoms. The van der Waals surface area contributed by atoms with E-state index >= 15 is 0 Å². The highest BCUT2D eigenvalue weighted by atomic mass is 32.2. The maximum atomic E-state index is 12.1. The van der Waals surface area contributed by atoms with Gasteiger partial charge in [-0.2, -0.15) is 0 Å². The molecule has 1 heterocycles. The summed E-state index contributed by atoms with van der Waals surface area (Å²) >= 11 is 0. The van der Waals surface area contributed by atoms with Gasteiger partial charge in [0.25, 0.3) is 0 Å². The van der Waals surface area contributed by atoms with E-state index in [1.54, 1.807) is 11.4 Å². The quantitative estimate of drug-likeness (QED) is 0.775. The topological polar surface area (TPSA) is 49.4 Å². The first-order valence-electron chi connectivity index (χ1n) is 6.22. The van der Waals surface area contributed by atoms with Crippen LogP contribution in [0.4, 0.5) is 0 Å². The van der Waals surface area contributed by atoms with Crippen LogP contribution in [0.25, 0.3) is 0 Å². The molecule has 2 aliphatic rings. The molecule has 2 fully saturated rings. The Bertz CT molecular complexity index is 319. The van der Waals surface area contributed by atoms with Crippen LogP contribution in [-0.4, -0.2) is 45.2 Å². The zero-order valence-corrected chi connectivity index (χ0v) is 10.8. The molecule has 0 radical (unpaired) electrons. The summed E-state index contributed by atoms with van der Waals surface area (Å²) in [6, 6.07) is 0. The molecule has 2 rings (SSSR count). The van der Waals surface area contributed by atoms with Crippen molar-refractivity contribution < 1.29 is 8.42 Å². The molecule has 0 aromatic carbocycles. The van der Waals surface area contributed by atoms with Gasteiger partial charge in [0, 0.05) is 13.6 Å². The minimum Gasteiger partial charge on any atom is -0.316 e. The summed E-state index contributed by atoms with van der Waals surface area (Å²) in [4.78, 5) is 0. The third-order valence-electron chi connectivity index (χ3n) is 3.82. The van der Waals surface area contributed by atoms with Crippen molar-refractivity contribution in [3.63, 3.8) is 0 Å². The van der Waals surface area contributed by atoms with Crippen molar-refractivity contribution in [2.24, 2.45) is 11.8 Å². The van der Waals surface area contributed by atoms with Crippen LogP contribution in [-0.2, 0) is 10.0 Å². The van der Waals surface area contributed by atoms with Crippen molar-refractivity contribution in [2.75, 3.05) is 32.4 Å². The fourth-order valence-corrected chi connectivity index (χ4v) is 4.01. The van der Waals surface area contributed by atoms with Gasteiger partial charge < -0.3 is 5.32 Å². The predicted octanol–water partition coefficient (Wildman–Crippen LogP) is 0.658. The summed E-state index contributed by atoms with van der Waals surface area (Å²) in [7, 11) is -1.29. The van der Waals surface area contributed by atoms with Gasteiger partial charge in [0.05, 0.1) is 5.75 Å². The molecule has 0 aromatic heterocycles. The molecule has 1 saturated carbocycles. The zero-order valence-electron chi connectivity index (χ0n) is 9.98. The second-order valence-corrected chi connectivity index (χ2v) is 7.34. The highest BCUT2D eigenvalue weighted by Gasteiger charge is 2.28. The van der Waals surface area contributed by atoms with Gasteiger partial charge in [-0.15, -0.1) is 0 Å². The maximum Gasteiger partial charge on any atom is 0.214 e. The maximum absolute atomic E-state index is 12.1. The number of nitrogens with zero attached hydrogens (tertiary/aromatic N) is 1. The largest absolute Gasteiger partial charge is 0.316 e. The minimum absolute atomic E-state index is 0.314. The van der Waals surface area contributed by atoms with Gasteiger partial charge in [-0.25, -0.2) is 12.7 Å². The van der Waals surface area contributed by atoms with E-state index in [4.69, 9.17) is 0 Å². The molecule has 1 aliphatic carbocycles. The highest BCUT2D eigenvalue weighted by molar-refractivity contribution is 7.89. The Labute approximate surface area is 98.4 Å². The van der Waals surface area contributed by atoms with Crippen LogP contribution >= 0.6 is 0 Å². The molecule has 1 unspecified atom stereocenters. The summed E-state index contributed by atoms with van der Waals surface area (Å²) < 4.78 is 25.7. The van der Waals surface area contributed by atoms with Crippen LogP contribution < -0.4 is 5.32 Å². The minimum atomic E-state index is -3.02. The molecule has 94 valence electrons. The molecule has 1 atom stereocenters. The predicted molar refractivity (Wildman–Crippen MR) is 64.7 cm³/mol. The van der Waals surface area contributed by atoms with Gasteiger partial charge >= 0.3 is 0 Å². The fraction of sp³-hybridized carbons (Fsp3) is 1.00. The third kappa shape index (κ3) is 2.96. The summed E-state index contributed by atoms with van der Waals surface area (Å²) in [5.41, 5.74) is 0. The standard InChI is InChI=1S/C11H22N2O2S/c1-13(8-10-3-2-4-10)16(14,15)9-11-5-6-12-7-11/h10-12H,2-9H2,1H3. The lowest BCUT2D eigenvalue weighted by atomic mass is 9.86. The molecule has 1 saturated heterocycles. The second kappa shape index (κ2) is 5.02. The van der Waals surface area contributed by atoms with Crippen LogP contribution in [0.2, 0.25) is 0 Å². The Morgan fingerprint density at radius 2 is 2.00 bits per heavy atom. The summed E-state index contributed by atoms with van der Waals surface area (Å²) in [6.07, 6.45) is 4.66. The normalized spacial score (nSPS) is 27.2. The van der Waals surface area contributed by atoms with Gasteiger partial charge in [-0.3, -0.25) is 0 Å². The van der Waals surface area contributed by atoms with Gasteiger partial charge in [0.2, 0.25) is 10.0 Å². The van der Waals surface area contributed by atoms with Crippen LogP contribution in [0.5, 0.6) is 0 Å². The van der Waals surface area contributed by atoms with Crippen molar-refractivity contribution in [2.45, 2.75) is 25.7 Å². The molecule has 0 aromatic rings. The fourth-order valence-electron chi connectivity index (χ4n) is 2.43. The van der Waals surface area contributed by atoms with E-state index in [0.717, 1.165) is 26.1 Å². The van der Waals surface area contributed by atoms with Crippen LogP contribution in [0, 0.1) is 11.8 Å². The Morgan fingerprint density at radius 1 is 1.25 bits per heavy atom. The molecule has 0 bridgehead atoms. The van der Waals surface area contributed by atoms with Crippen molar-refractivity contribution in [1.29, 1.82) is 0 Å². The second-order valence-electron chi connectivity index (χ2n) is 5.21. The van der Waals surface area contributed by atoms with Crippen LogP contribution in [0.15, 0.2) is 0 Å². The average Bonchev–Trinajstić information content (AvgIpc) is 2.62. The first-order valence-corrected chi connectivity index (χ1v) is 7.83. The molecular weight excluding hydrogens is 224 g/mol. The lowest BCUT2D eigenvalue weighted by Gasteiger charge is -2.30. The summed E-state index contributed by atoms with van der Waals surface area (Å²) in [5.74, 6) is 1.25. The molecule has 0 spiro atoms. The number of hydrogen-bond donors (Lipinski definition) is 1. The molecular formula is C11H22N2O2S. The van der Waals surface area contributed by atoms with E-state index in [1.165, 1.54) is 19.3 Å². The van der Waals surface area contributed by atoms with Gasteiger partial charge in [-0.05, 0) is 44.2 Å². The first-order chi connectivity index (χ1) is 7.58. The smallest absolute Gasteiger partial charge is 0.214 e. The van der Waals surface area contributed by atoms with E-state index in [0.29, 0.717) is 17.6 Å². The number of nitrogens with one attached hydrogen (secondary N) is 1. The van der Waals surface area contributed by atoms with Gasteiger partial charge in [-0.1, -0.05) is 6.42 Å². The third-order valence-corrected chi connectivity index (χ3v) is 5.82. The Morgan fingerprint density at radius 3 is 2.50 bits per heavy atom. The van der Waals surface area contributed by atoms with E-state index in [-0.39, 0.29) is 0 Å². The van der Waals surface area contributed by atoms with E-state index in [1.807, 2.05) is 0 Å². The van der Waals surface area contributed by atoms with Gasteiger partial charge in [0.15, 0.2) is 0 Å². The average molecular weight is 246 g/mol. The van der Waals surface area contributed by atoms with Crippen molar-refractivity contribution >= 4 is 10.0 Å². The number of rotatable bonds is 5. The molecule has 5 heteroatoms. The van der Waals surface area contributed by atoms with Crippen molar-refractivity contribution in [3.05, 3.63) is 0 Å². The summed E-state index contributed by atoms with van der Waals surface area (Å²) in [6.45, 7) is 2.55. The molecule has 4 nitrogen and oxygen atoms in total. The Hall–Kier alpha value is -0.130. The number of sulfonamides is 1. The zero-order chi connectivity index (χ0) is 11.6. The Balaban J connectivity index is 1.84. The van der Waals surface area contributed by atoms with Gasteiger partial charge in [0.1, 0.15) is 0 Å². The van der Waals surface area contributed by atoms with E-state index in [9.17, 15) is 8.42 Å². The first kappa shape index (κ1) is 12.3. The Kier molecular flexibility index (Phi) is 3.87. The molecule has 1 aliphatic heterocycles. The SMILES string of the molecule is CN(CC1CCC1)S(=O)(=O)CC1CCNC1. The van der Waals surface area contributed by atoms with Crippen molar-refractivity contribution in [1.82, 2.24) is 9.62 Å². The lowest BCUT2D eigenvalue weighted by Crippen LogP contribution is -2.37. The molecule has 1 N–H and O–H groups in total. The van der Waals surface area contributed by atoms with Crippen LogP contribution in [0.3, 0.4) is 0 Å². The van der Waals surface area contributed by atoms with Crippen molar-refractivity contribution in [3.8, 4) is 0 Å². The van der Waals surface area contributed by atoms with Crippen LogP contribution in [0.1, 0.15) is 25.7 Å².